The monoisotopic (exact) mass is 577 g/mol. The Bertz CT molecular complexity index is 1380. The lowest BCUT2D eigenvalue weighted by Crippen LogP contribution is -2.19. The number of hydrogen-bond acceptors (Lipinski definition) is 14. The Labute approximate surface area is 222 Å². The van der Waals surface area contributed by atoms with E-state index >= 15 is 0 Å². The van der Waals surface area contributed by atoms with Crippen molar-refractivity contribution in [2.45, 2.75) is 0 Å². The molecule has 3 aromatic rings. The number of rotatable bonds is 13. The summed E-state index contributed by atoms with van der Waals surface area (Å²) in [7, 11) is -4.79. The van der Waals surface area contributed by atoms with Crippen molar-refractivity contribution in [1.29, 1.82) is 0 Å². The quantitative estimate of drug-likeness (QED) is 0.0914. The molecule has 0 amide bonds. The highest BCUT2D eigenvalue weighted by atomic mass is 31.2. The molecule has 0 unspecified atom stereocenters. The van der Waals surface area contributed by atoms with Crippen molar-refractivity contribution >= 4 is 36.8 Å². The van der Waals surface area contributed by atoms with Crippen LogP contribution in [0.3, 0.4) is 0 Å². The zero-order valence-electron chi connectivity index (χ0n) is 19.8. The molecule has 0 aliphatic heterocycles. The summed E-state index contributed by atoms with van der Waals surface area (Å²) in [4.78, 5) is 54.6. The number of nitrogens with zero attached hydrogens (tertiary/aromatic N) is 3. The Morgan fingerprint density at radius 3 is 1.18 bits per heavy atom. The molecule has 0 atom stereocenters. The van der Waals surface area contributed by atoms with Crippen molar-refractivity contribution in [2.75, 3.05) is 13.2 Å². The molecule has 0 N–H and O–H groups in total. The summed E-state index contributed by atoms with van der Waals surface area (Å²) in [5.41, 5.74) is -0.834. The molecule has 17 nitrogen and oxygen atoms in total. The van der Waals surface area contributed by atoms with Crippen LogP contribution >= 0.6 is 7.82 Å². The first-order chi connectivity index (χ1) is 18.9. The molecule has 0 heterocycles. The molecule has 0 fully saturated rings. The highest BCUT2D eigenvalue weighted by Gasteiger charge is 2.32. The molecule has 0 spiro atoms. The maximum absolute atomic E-state index is 13.2. The van der Waals surface area contributed by atoms with Gasteiger partial charge < -0.3 is 14.0 Å². The maximum Gasteiger partial charge on any atom is 0.531 e. The van der Waals surface area contributed by atoms with Gasteiger partial charge in [-0.05, 0) is 36.4 Å². The molecular weight excluding hydrogens is 561 g/mol. The Morgan fingerprint density at radius 2 is 0.875 bits per heavy atom. The smallest absolute Gasteiger partial charge is 0.425 e. The number of non-ortho nitro benzene ring substituents is 3. The minimum absolute atomic E-state index is 0.0992. The van der Waals surface area contributed by atoms with Crippen LogP contribution in [0.1, 0.15) is 0 Å². The van der Waals surface area contributed by atoms with Gasteiger partial charge in [-0.3, -0.25) is 39.4 Å². The van der Waals surface area contributed by atoms with Gasteiger partial charge in [-0.15, -0.1) is 0 Å². The number of ether oxygens (including phenoxy) is 2. The van der Waals surface area contributed by atoms with Crippen LogP contribution in [0.5, 0.6) is 17.2 Å². The van der Waals surface area contributed by atoms with Crippen molar-refractivity contribution in [3.63, 3.8) is 0 Å². The summed E-state index contributed by atoms with van der Waals surface area (Å²) >= 11 is 0. The second kappa shape index (κ2) is 13.0. The Morgan fingerprint density at radius 1 is 0.575 bits per heavy atom. The van der Waals surface area contributed by atoms with Crippen LogP contribution in [-0.4, -0.2) is 39.9 Å². The second-order valence-corrected chi connectivity index (χ2v) is 8.88. The van der Waals surface area contributed by atoms with E-state index in [-0.39, 0.29) is 34.3 Å². The maximum atomic E-state index is 13.2. The predicted molar refractivity (Wildman–Crippen MR) is 131 cm³/mol. The minimum Gasteiger partial charge on any atom is -0.425 e. The van der Waals surface area contributed by atoms with Gasteiger partial charge in [0, 0.05) is 36.4 Å². The lowest BCUT2D eigenvalue weighted by atomic mass is 10.3. The Balaban J connectivity index is 1.66. The van der Waals surface area contributed by atoms with E-state index in [9.17, 15) is 44.5 Å². The van der Waals surface area contributed by atoms with Gasteiger partial charge in [0.1, 0.15) is 17.2 Å². The topological polar surface area (TPSA) is 227 Å². The summed E-state index contributed by atoms with van der Waals surface area (Å²) in [5, 5.41) is 32.3. The molecule has 0 aliphatic carbocycles. The van der Waals surface area contributed by atoms with Crippen LogP contribution in [0, 0.1) is 30.3 Å². The molecule has 40 heavy (non-hydrogen) atoms. The predicted octanol–water partition coefficient (Wildman–Crippen LogP) is 4.14. The van der Waals surface area contributed by atoms with E-state index in [0.717, 1.165) is 72.8 Å². The van der Waals surface area contributed by atoms with Gasteiger partial charge >= 0.3 is 19.8 Å². The normalized spacial score (nSPS) is 10.8. The van der Waals surface area contributed by atoms with Gasteiger partial charge in [-0.25, -0.2) is 14.2 Å². The summed E-state index contributed by atoms with van der Waals surface area (Å²) in [5.74, 6) is -2.70. The number of carbonyl (C=O) groups is 2. The van der Waals surface area contributed by atoms with E-state index in [2.05, 4.69) is 0 Å². The van der Waals surface area contributed by atoms with Crippen LogP contribution in [0.4, 0.5) is 17.1 Å². The second-order valence-electron chi connectivity index (χ2n) is 7.29. The molecule has 3 rings (SSSR count). The van der Waals surface area contributed by atoms with E-state index in [4.69, 9.17) is 23.0 Å². The summed E-state index contributed by atoms with van der Waals surface area (Å²) in [6.07, 6.45) is 0. The molecular formula is C22H16N3O14P. The van der Waals surface area contributed by atoms with Crippen molar-refractivity contribution < 1.29 is 52.0 Å². The summed E-state index contributed by atoms with van der Waals surface area (Å²) in [6, 6.07) is 13.0. The summed E-state index contributed by atoms with van der Waals surface area (Å²) < 4.78 is 38.1. The zero-order valence-corrected chi connectivity index (χ0v) is 20.7. The first kappa shape index (κ1) is 29.3. The average molecular weight is 577 g/mol. The largest absolute Gasteiger partial charge is 0.531 e. The van der Waals surface area contributed by atoms with Crippen LogP contribution in [0.2, 0.25) is 0 Å². The first-order valence-electron chi connectivity index (χ1n) is 10.7. The van der Waals surface area contributed by atoms with E-state index in [0.29, 0.717) is 0 Å². The lowest BCUT2D eigenvalue weighted by molar-refractivity contribution is -0.385. The number of nitro benzene ring substituents is 3. The number of nitro groups is 3. The number of phosphoric ester groups is 1. The van der Waals surface area contributed by atoms with Crippen LogP contribution in [0.25, 0.3) is 0 Å². The third-order valence-corrected chi connectivity index (χ3v) is 5.83. The van der Waals surface area contributed by atoms with Crippen LogP contribution in [-0.2, 0) is 23.2 Å². The van der Waals surface area contributed by atoms with Gasteiger partial charge in [0.15, 0.2) is 13.2 Å². The van der Waals surface area contributed by atoms with Crippen molar-refractivity contribution in [1.82, 2.24) is 0 Å². The Kier molecular flexibility index (Phi) is 9.53. The Hall–Kier alpha value is -5.25. The van der Waals surface area contributed by atoms with Gasteiger partial charge in [0.25, 0.3) is 17.1 Å². The van der Waals surface area contributed by atoms with Gasteiger partial charge in [-0.1, -0.05) is 0 Å². The fourth-order valence-electron chi connectivity index (χ4n) is 2.70. The van der Waals surface area contributed by atoms with Gasteiger partial charge in [-0.2, -0.15) is 0 Å². The molecule has 0 radical (unpaired) electrons. The lowest BCUT2D eigenvalue weighted by Gasteiger charge is -2.18. The SMILES string of the molecule is O=C(COP(=O)(OCC(=O)Oc1ccc([N+](=O)[O-])cc1)Oc1ccc([N+](=O)[O-])cc1)Oc1ccc([N+](=O)[O-])cc1. The molecule has 0 saturated carbocycles. The van der Waals surface area contributed by atoms with Crippen molar-refractivity contribution in [2.24, 2.45) is 0 Å². The molecule has 3 aromatic carbocycles. The third-order valence-electron chi connectivity index (χ3n) is 4.50. The number of benzene rings is 3. The highest BCUT2D eigenvalue weighted by Crippen LogP contribution is 2.49. The molecule has 18 heteroatoms. The molecule has 0 saturated heterocycles. The fraction of sp³-hybridized carbons (Fsp3) is 0.0909. The van der Waals surface area contributed by atoms with Gasteiger partial charge in [0.2, 0.25) is 0 Å². The van der Waals surface area contributed by atoms with Crippen molar-refractivity contribution in [3.8, 4) is 17.2 Å². The number of carbonyl (C=O) groups excluding carboxylic acids is 2. The number of hydrogen-bond donors (Lipinski definition) is 0. The van der Waals surface area contributed by atoms with E-state index in [1.807, 2.05) is 0 Å². The molecule has 0 aromatic heterocycles. The molecule has 208 valence electrons. The molecule has 0 aliphatic rings. The zero-order chi connectivity index (χ0) is 29.3. The average Bonchev–Trinajstić information content (AvgIpc) is 2.92. The number of phosphoric acid groups is 1. The number of esters is 2. The standard InChI is InChI=1S/C22H16N3O14P/c26-21(37-18-7-1-15(2-8-18)23(28)29)13-35-40(34,39-20-11-5-17(6-12-20)25(32)33)36-14-22(27)38-19-9-3-16(4-10-19)24(30)31/h1-12H,13-14H2. The summed E-state index contributed by atoms with van der Waals surface area (Å²) in [6.45, 7) is -2.09. The minimum atomic E-state index is -4.79. The highest BCUT2D eigenvalue weighted by molar-refractivity contribution is 7.49. The third kappa shape index (κ3) is 8.66. The van der Waals surface area contributed by atoms with Crippen molar-refractivity contribution in [3.05, 3.63) is 103 Å². The van der Waals surface area contributed by atoms with Crippen LogP contribution in [0.15, 0.2) is 72.8 Å². The first-order valence-corrected chi connectivity index (χ1v) is 12.1. The molecule has 0 bridgehead atoms. The van der Waals surface area contributed by atoms with E-state index in [1.165, 1.54) is 0 Å². The van der Waals surface area contributed by atoms with Gasteiger partial charge in [0.05, 0.1) is 14.8 Å². The van der Waals surface area contributed by atoms with E-state index < -0.39 is 47.7 Å². The van der Waals surface area contributed by atoms with Crippen LogP contribution < -0.4 is 14.0 Å². The van der Waals surface area contributed by atoms with E-state index in [1.54, 1.807) is 0 Å². The fourth-order valence-corrected chi connectivity index (χ4v) is 3.79.